The van der Waals surface area contributed by atoms with Crippen molar-refractivity contribution in [1.82, 2.24) is 10.3 Å². The highest BCUT2D eigenvalue weighted by Crippen LogP contribution is 2.10. The van der Waals surface area contributed by atoms with Crippen LogP contribution in [0, 0.1) is 0 Å². The first-order valence-corrected chi connectivity index (χ1v) is 6.60. The minimum atomic E-state index is -1.12. The standard InChI is InChI=1S/C14H20N2O5/c1-9(2)21-12-6-4-5-10(15-12)13(17)16-11(14(18)19)7-8-20-3/h4-6,9,11H,7-8H2,1-3H3,(H,16,17)(H,18,19). The number of nitrogens with zero attached hydrogens (tertiary/aromatic N) is 1. The first kappa shape index (κ1) is 16.9. The maximum absolute atomic E-state index is 12.0. The van der Waals surface area contributed by atoms with Crippen LogP contribution in [0.3, 0.4) is 0 Å². The van der Waals surface area contributed by atoms with Crippen molar-refractivity contribution in [2.24, 2.45) is 0 Å². The van der Waals surface area contributed by atoms with Gasteiger partial charge in [0.15, 0.2) is 0 Å². The van der Waals surface area contributed by atoms with Crippen LogP contribution in [0.5, 0.6) is 5.88 Å². The third-order valence-corrected chi connectivity index (χ3v) is 2.53. The summed E-state index contributed by atoms with van der Waals surface area (Å²) in [5, 5.41) is 11.5. The molecule has 116 valence electrons. The van der Waals surface area contributed by atoms with Crippen molar-refractivity contribution in [3.05, 3.63) is 23.9 Å². The third kappa shape index (κ3) is 5.78. The lowest BCUT2D eigenvalue weighted by atomic mass is 10.2. The van der Waals surface area contributed by atoms with E-state index in [4.69, 9.17) is 14.6 Å². The molecule has 0 saturated heterocycles. The van der Waals surface area contributed by atoms with Crippen molar-refractivity contribution in [2.75, 3.05) is 13.7 Å². The number of aromatic nitrogens is 1. The molecule has 21 heavy (non-hydrogen) atoms. The van der Waals surface area contributed by atoms with E-state index in [0.29, 0.717) is 5.88 Å². The number of carbonyl (C=O) groups excluding carboxylic acids is 1. The largest absolute Gasteiger partial charge is 0.480 e. The Morgan fingerprint density at radius 1 is 1.38 bits per heavy atom. The van der Waals surface area contributed by atoms with Gasteiger partial charge in [-0.2, -0.15) is 0 Å². The summed E-state index contributed by atoms with van der Waals surface area (Å²) in [6.07, 6.45) is 0.115. The lowest BCUT2D eigenvalue weighted by Crippen LogP contribution is -2.41. The molecule has 0 spiro atoms. The highest BCUT2D eigenvalue weighted by Gasteiger charge is 2.21. The lowest BCUT2D eigenvalue weighted by Gasteiger charge is -2.14. The van der Waals surface area contributed by atoms with Gasteiger partial charge in [0.05, 0.1) is 6.10 Å². The van der Waals surface area contributed by atoms with Gasteiger partial charge in [-0.25, -0.2) is 9.78 Å². The number of carboxylic acid groups (broad SMARTS) is 1. The molecular weight excluding hydrogens is 276 g/mol. The van der Waals surface area contributed by atoms with E-state index in [1.165, 1.54) is 13.2 Å². The molecule has 0 bridgehead atoms. The first-order valence-electron chi connectivity index (χ1n) is 6.60. The van der Waals surface area contributed by atoms with Crippen LogP contribution in [0.1, 0.15) is 30.8 Å². The van der Waals surface area contributed by atoms with Crippen molar-refractivity contribution in [3.63, 3.8) is 0 Å². The maximum Gasteiger partial charge on any atom is 0.326 e. The van der Waals surface area contributed by atoms with Crippen molar-refractivity contribution >= 4 is 11.9 Å². The van der Waals surface area contributed by atoms with Gasteiger partial charge in [0, 0.05) is 26.2 Å². The summed E-state index contributed by atoms with van der Waals surface area (Å²) in [4.78, 5) is 27.1. The van der Waals surface area contributed by atoms with E-state index in [-0.39, 0.29) is 24.8 Å². The Morgan fingerprint density at radius 2 is 2.10 bits per heavy atom. The molecule has 0 aromatic carbocycles. The van der Waals surface area contributed by atoms with Crippen molar-refractivity contribution < 1.29 is 24.2 Å². The van der Waals surface area contributed by atoms with Crippen LogP contribution in [-0.4, -0.2) is 47.8 Å². The second-order valence-electron chi connectivity index (χ2n) is 4.67. The van der Waals surface area contributed by atoms with Gasteiger partial charge in [-0.3, -0.25) is 4.79 Å². The number of hydrogen-bond donors (Lipinski definition) is 2. The number of methoxy groups -OCH3 is 1. The normalized spacial score (nSPS) is 12.0. The average Bonchev–Trinajstić information content (AvgIpc) is 2.42. The predicted octanol–water partition coefficient (Wildman–Crippen LogP) is 1.09. The predicted molar refractivity (Wildman–Crippen MR) is 75.4 cm³/mol. The van der Waals surface area contributed by atoms with Crippen LogP contribution in [0.15, 0.2) is 18.2 Å². The number of ether oxygens (including phenoxy) is 2. The minimum absolute atomic E-state index is 0.0655. The van der Waals surface area contributed by atoms with Gasteiger partial charge in [0.25, 0.3) is 5.91 Å². The highest BCUT2D eigenvalue weighted by molar-refractivity contribution is 5.95. The summed E-state index contributed by atoms with van der Waals surface area (Å²) < 4.78 is 10.2. The Bertz CT molecular complexity index is 490. The fourth-order valence-electron chi connectivity index (χ4n) is 1.57. The Labute approximate surface area is 123 Å². The molecule has 1 unspecified atom stereocenters. The second-order valence-corrected chi connectivity index (χ2v) is 4.67. The molecule has 2 N–H and O–H groups in total. The van der Waals surface area contributed by atoms with Crippen LogP contribution >= 0.6 is 0 Å². The van der Waals surface area contributed by atoms with E-state index in [0.717, 1.165) is 0 Å². The first-order chi connectivity index (χ1) is 9.93. The zero-order valence-electron chi connectivity index (χ0n) is 12.3. The summed E-state index contributed by atoms with van der Waals surface area (Å²) in [5.74, 6) is -1.36. The van der Waals surface area contributed by atoms with Crippen molar-refractivity contribution in [2.45, 2.75) is 32.4 Å². The van der Waals surface area contributed by atoms with Crippen molar-refractivity contribution in [3.8, 4) is 5.88 Å². The van der Waals surface area contributed by atoms with Gasteiger partial charge in [0.2, 0.25) is 5.88 Å². The van der Waals surface area contributed by atoms with E-state index >= 15 is 0 Å². The van der Waals surface area contributed by atoms with Crippen LogP contribution < -0.4 is 10.1 Å². The minimum Gasteiger partial charge on any atom is -0.480 e. The summed E-state index contributed by atoms with van der Waals surface area (Å²) >= 11 is 0. The number of rotatable bonds is 8. The SMILES string of the molecule is COCCC(NC(=O)c1cccc(OC(C)C)n1)C(=O)O. The smallest absolute Gasteiger partial charge is 0.326 e. The van der Waals surface area contributed by atoms with Gasteiger partial charge in [-0.1, -0.05) is 6.07 Å². The zero-order chi connectivity index (χ0) is 15.8. The number of nitrogens with one attached hydrogen (secondary N) is 1. The van der Waals surface area contributed by atoms with Gasteiger partial charge < -0.3 is 19.9 Å². The summed E-state index contributed by atoms with van der Waals surface area (Å²) in [6, 6.07) is 3.74. The molecule has 1 aromatic heterocycles. The van der Waals surface area contributed by atoms with E-state index in [9.17, 15) is 9.59 Å². The molecule has 0 fully saturated rings. The van der Waals surface area contributed by atoms with Crippen LogP contribution in [0.4, 0.5) is 0 Å². The number of pyridine rings is 1. The molecule has 0 aliphatic heterocycles. The second kappa shape index (κ2) is 8.21. The van der Waals surface area contributed by atoms with E-state index in [1.807, 2.05) is 13.8 Å². The lowest BCUT2D eigenvalue weighted by molar-refractivity contribution is -0.139. The average molecular weight is 296 g/mol. The Hall–Kier alpha value is -2.15. The molecule has 1 rings (SSSR count). The summed E-state index contributed by atoms with van der Waals surface area (Å²) in [7, 11) is 1.47. The fourth-order valence-corrected chi connectivity index (χ4v) is 1.57. The van der Waals surface area contributed by atoms with Gasteiger partial charge >= 0.3 is 5.97 Å². The third-order valence-electron chi connectivity index (χ3n) is 2.53. The van der Waals surface area contributed by atoms with E-state index in [2.05, 4.69) is 10.3 Å². The molecule has 7 nitrogen and oxygen atoms in total. The molecule has 0 aliphatic carbocycles. The molecule has 0 saturated carbocycles. The Kier molecular flexibility index (Phi) is 6.61. The van der Waals surface area contributed by atoms with Gasteiger partial charge in [-0.05, 0) is 19.9 Å². The molecule has 1 amide bonds. The summed E-state index contributed by atoms with van der Waals surface area (Å²) in [6.45, 7) is 3.93. The Morgan fingerprint density at radius 3 is 2.67 bits per heavy atom. The Balaban J connectivity index is 2.75. The number of hydrogen-bond acceptors (Lipinski definition) is 5. The number of aliphatic carboxylic acids is 1. The number of amides is 1. The van der Waals surface area contributed by atoms with Crippen LogP contribution in [0.2, 0.25) is 0 Å². The molecule has 1 heterocycles. The monoisotopic (exact) mass is 296 g/mol. The molecule has 7 heteroatoms. The molecule has 1 aromatic rings. The summed E-state index contributed by atoms with van der Waals surface area (Å²) in [5.41, 5.74) is 0.108. The van der Waals surface area contributed by atoms with Gasteiger partial charge in [0.1, 0.15) is 11.7 Å². The quantitative estimate of drug-likeness (QED) is 0.745. The van der Waals surface area contributed by atoms with E-state index < -0.39 is 17.9 Å². The maximum atomic E-state index is 12.0. The molecule has 0 aliphatic rings. The van der Waals surface area contributed by atoms with E-state index in [1.54, 1.807) is 12.1 Å². The highest BCUT2D eigenvalue weighted by atomic mass is 16.5. The molecule has 0 radical (unpaired) electrons. The molecule has 1 atom stereocenters. The van der Waals surface area contributed by atoms with Gasteiger partial charge in [-0.15, -0.1) is 0 Å². The fraction of sp³-hybridized carbons (Fsp3) is 0.500. The molecular formula is C14H20N2O5. The topological polar surface area (TPSA) is 97.8 Å². The van der Waals surface area contributed by atoms with Crippen LogP contribution in [0.25, 0.3) is 0 Å². The number of carboxylic acids is 1. The van der Waals surface area contributed by atoms with Crippen molar-refractivity contribution in [1.29, 1.82) is 0 Å². The zero-order valence-corrected chi connectivity index (χ0v) is 12.3. The number of carbonyl (C=O) groups is 2. The van der Waals surface area contributed by atoms with Crippen LogP contribution in [-0.2, 0) is 9.53 Å².